The fourth-order valence-electron chi connectivity index (χ4n) is 3.26. The Morgan fingerprint density at radius 2 is 1.74 bits per heavy atom. The second kappa shape index (κ2) is 14.4. The van der Waals surface area contributed by atoms with Crippen LogP contribution in [0, 0.1) is 6.92 Å². The fourth-order valence-corrected chi connectivity index (χ4v) is 3.43. The van der Waals surface area contributed by atoms with Gasteiger partial charge in [-0.05, 0) is 48.9 Å². The van der Waals surface area contributed by atoms with E-state index >= 15 is 0 Å². The molecular weight excluding hydrogens is 450 g/mol. The number of aryl methyl sites for hydroxylation is 1. The van der Waals surface area contributed by atoms with Gasteiger partial charge in [0.15, 0.2) is 5.82 Å². The third-order valence-corrected chi connectivity index (χ3v) is 5.26. The highest BCUT2D eigenvalue weighted by atomic mass is 35.5. The molecule has 0 bridgehead atoms. The molecule has 4 rings (SSSR count). The predicted octanol–water partition coefficient (Wildman–Crippen LogP) is 5.69. The van der Waals surface area contributed by atoms with Crippen LogP contribution in [-0.4, -0.2) is 49.6 Å². The topological polar surface area (TPSA) is 81.1 Å². The number of methoxy groups -OCH3 is 1. The summed E-state index contributed by atoms with van der Waals surface area (Å²) in [4.78, 5) is 8.00. The van der Waals surface area contributed by atoms with Crippen LogP contribution in [0.4, 0.5) is 11.5 Å². The Morgan fingerprint density at radius 3 is 2.29 bits per heavy atom. The number of carbonyl (C=O) groups excluding carboxylic acids is 1. The Kier molecular flexibility index (Phi) is 12.3. The summed E-state index contributed by atoms with van der Waals surface area (Å²) in [5.41, 5.74) is 6.05. The molecule has 0 radical (unpaired) electrons. The maximum atomic E-state index is 8.00. The molecule has 1 aliphatic rings. The van der Waals surface area contributed by atoms with Crippen molar-refractivity contribution in [3.63, 3.8) is 0 Å². The number of hydrogen-bond donors (Lipinski definition) is 2. The van der Waals surface area contributed by atoms with Crippen LogP contribution < -0.4 is 10.6 Å². The maximum Gasteiger partial charge on any atom is 0.172 e. The quantitative estimate of drug-likeness (QED) is 0.483. The molecule has 2 heterocycles. The average Bonchev–Trinajstić information content (AvgIpc) is 3.25. The normalized spacial score (nSPS) is 11.8. The summed E-state index contributed by atoms with van der Waals surface area (Å²) in [6.07, 6.45) is 2.07. The molecule has 2 aromatic carbocycles. The van der Waals surface area contributed by atoms with E-state index in [0.29, 0.717) is 5.02 Å². The van der Waals surface area contributed by atoms with Gasteiger partial charge in [0.1, 0.15) is 6.79 Å². The van der Waals surface area contributed by atoms with Crippen molar-refractivity contribution >= 4 is 29.9 Å². The number of fused-ring (bicyclic) bond motifs is 1. The number of rotatable bonds is 2. The van der Waals surface area contributed by atoms with Gasteiger partial charge in [0, 0.05) is 32.8 Å². The van der Waals surface area contributed by atoms with Crippen molar-refractivity contribution in [3.8, 4) is 5.69 Å². The Morgan fingerprint density at radius 1 is 1.12 bits per heavy atom. The Balaban J connectivity index is 0.000000310. The minimum absolute atomic E-state index is 0.285. The Labute approximate surface area is 208 Å². The molecule has 1 aromatic heterocycles. The highest BCUT2D eigenvalue weighted by Gasteiger charge is 2.19. The summed E-state index contributed by atoms with van der Waals surface area (Å²) in [6, 6.07) is 14.4. The number of carbonyl (C=O) groups is 1. The minimum atomic E-state index is 0.285. The van der Waals surface area contributed by atoms with Crippen LogP contribution >= 0.6 is 11.6 Å². The van der Waals surface area contributed by atoms with Crippen molar-refractivity contribution in [2.75, 3.05) is 38.4 Å². The molecule has 1 aliphatic heterocycles. The number of halogens is 1. The van der Waals surface area contributed by atoms with E-state index in [2.05, 4.69) is 77.6 Å². The second-order valence-electron chi connectivity index (χ2n) is 8.76. The lowest BCUT2D eigenvalue weighted by atomic mass is 9.87. The number of ether oxygens (including phenoxy) is 1. The number of nitrogens with one attached hydrogen (secondary N) is 2. The third-order valence-electron chi connectivity index (χ3n) is 5.02. The van der Waals surface area contributed by atoms with Gasteiger partial charge in [-0.15, -0.1) is 5.10 Å². The summed E-state index contributed by atoms with van der Waals surface area (Å²) in [7, 11) is 5.13. The summed E-state index contributed by atoms with van der Waals surface area (Å²) in [5.74, 6) is 0.878. The van der Waals surface area contributed by atoms with Gasteiger partial charge < -0.3 is 20.2 Å². The SMILES string of the molecule is C=O.CNc1ccc(Cl)cc1-n1nnc2c1CCCN2.COC.Cc1ccc(C(C)(C)C)cc1. The van der Waals surface area contributed by atoms with Gasteiger partial charge in [-0.1, -0.05) is 67.4 Å². The third kappa shape index (κ3) is 8.47. The first-order valence-electron chi connectivity index (χ1n) is 11.1. The molecule has 186 valence electrons. The maximum absolute atomic E-state index is 8.00. The molecule has 7 nitrogen and oxygen atoms in total. The van der Waals surface area contributed by atoms with Gasteiger partial charge >= 0.3 is 0 Å². The zero-order valence-corrected chi connectivity index (χ0v) is 22.2. The van der Waals surface area contributed by atoms with E-state index in [1.165, 1.54) is 11.1 Å². The van der Waals surface area contributed by atoms with Crippen LogP contribution in [-0.2, 0) is 21.4 Å². The van der Waals surface area contributed by atoms with Crippen molar-refractivity contribution in [2.24, 2.45) is 0 Å². The van der Waals surface area contributed by atoms with Crippen LogP contribution in [0.1, 0.15) is 44.0 Å². The predicted molar refractivity (Wildman–Crippen MR) is 143 cm³/mol. The summed E-state index contributed by atoms with van der Waals surface area (Å²) in [6.45, 7) is 11.8. The number of aromatic nitrogens is 3. The monoisotopic (exact) mass is 487 g/mol. The average molecular weight is 488 g/mol. The standard InChI is InChI=1S/C12H14ClN5.C11H16.C2H6O.CH2O/c1-14-9-5-4-8(13)7-11(9)18-10-3-2-6-15-12(10)16-17-18;1-9-5-7-10(8-6-9)11(2,3)4;1-3-2;1-2/h4-5,7,14-15H,2-3,6H2,1H3;5-8H,1-4H3;1-2H3;1H2. The highest BCUT2D eigenvalue weighted by molar-refractivity contribution is 6.30. The van der Waals surface area contributed by atoms with Crippen molar-refractivity contribution in [1.82, 2.24) is 15.0 Å². The second-order valence-corrected chi connectivity index (χ2v) is 9.20. The van der Waals surface area contributed by atoms with Gasteiger partial charge in [-0.25, -0.2) is 4.68 Å². The number of anilines is 2. The van der Waals surface area contributed by atoms with Crippen LogP contribution in [0.5, 0.6) is 0 Å². The number of hydrogen-bond acceptors (Lipinski definition) is 6. The highest BCUT2D eigenvalue weighted by Crippen LogP contribution is 2.28. The van der Waals surface area contributed by atoms with E-state index in [1.807, 2.05) is 36.7 Å². The largest absolute Gasteiger partial charge is 0.388 e. The number of nitrogens with zero attached hydrogens (tertiary/aromatic N) is 3. The zero-order chi connectivity index (χ0) is 25.7. The van der Waals surface area contributed by atoms with Crippen LogP contribution in [0.2, 0.25) is 5.02 Å². The molecule has 0 atom stereocenters. The molecule has 34 heavy (non-hydrogen) atoms. The van der Waals surface area contributed by atoms with Gasteiger partial charge in [-0.3, -0.25) is 0 Å². The molecule has 0 spiro atoms. The van der Waals surface area contributed by atoms with Crippen molar-refractivity contribution in [2.45, 2.75) is 46.0 Å². The zero-order valence-electron chi connectivity index (χ0n) is 21.4. The summed E-state index contributed by atoms with van der Waals surface area (Å²) < 4.78 is 6.11. The van der Waals surface area contributed by atoms with E-state index in [1.54, 1.807) is 14.2 Å². The van der Waals surface area contributed by atoms with Gasteiger partial charge in [0.05, 0.1) is 17.1 Å². The van der Waals surface area contributed by atoms with E-state index in [0.717, 1.165) is 42.3 Å². The molecule has 0 unspecified atom stereocenters. The summed E-state index contributed by atoms with van der Waals surface area (Å²) >= 11 is 6.07. The minimum Gasteiger partial charge on any atom is -0.388 e. The first-order chi connectivity index (χ1) is 16.2. The Hall–Kier alpha value is -2.90. The van der Waals surface area contributed by atoms with E-state index in [9.17, 15) is 0 Å². The van der Waals surface area contributed by atoms with Crippen molar-refractivity contribution in [1.29, 1.82) is 0 Å². The first kappa shape index (κ1) is 29.1. The molecule has 8 heteroatoms. The summed E-state index contributed by atoms with van der Waals surface area (Å²) in [5, 5.41) is 15.5. The fraction of sp³-hybridized carbons (Fsp3) is 0.423. The molecule has 2 N–H and O–H groups in total. The van der Waals surface area contributed by atoms with E-state index in [4.69, 9.17) is 16.4 Å². The van der Waals surface area contributed by atoms with Gasteiger partial charge in [-0.2, -0.15) is 0 Å². The molecule has 0 saturated heterocycles. The molecular formula is C26H38ClN5O2. The smallest absolute Gasteiger partial charge is 0.172 e. The molecule has 0 aliphatic carbocycles. The molecule has 3 aromatic rings. The lowest BCUT2D eigenvalue weighted by Gasteiger charge is -2.18. The lowest BCUT2D eigenvalue weighted by molar-refractivity contribution is -0.0979. The van der Waals surface area contributed by atoms with Crippen molar-refractivity contribution in [3.05, 3.63) is 64.3 Å². The Bertz CT molecular complexity index is 997. The van der Waals surface area contributed by atoms with E-state index < -0.39 is 0 Å². The van der Waals surface area contributed by atoms with Crippen LogP contribution in [0.15, 0.2) is 42.5 Å². The lowest BCUT2D eigenvalue weighted by Crippen LogP contribution is -2.14. The molecule has 0 fully saturated rings. The number of benzene rings is 2. The molecule has 0 saturated carbocycles. The molecule has 0 amide bonds. The van der Waals surface area contributed by atoms with E-state index in [-0.39, 0.29) is 5.41 Å². The first-order valence-corrected chi connectivity index (χ1v) is 11.5. The van der Waals surface area contributed by atoms with Crippen molar-refractivity contribution < 1.29 is 9.53 Å². The van der Waals surface area contributed by atoms with Crippen LogP contribution in [0.25, 0.3) is 5.69 Å². The van der Waals surface area contributed by atoms with Gasteiger partial charge in [0.2, 0.25) is 0 Å². The van der Waals surface area contributed by atoms with Crippen LogP contribution in [0.3, 0.4) is 0 Å². The van der Waals surface area contributed by atoms with Gasteiger partial charge in [0.25, 0.3) is 0 Å².